The van der Waals surface area contributed by atoms with Crippen molar-refractivity contribution in [2.75, 3.05) is 5.73 Å². The van der Waals surface area contributed by atoms with Crippen molar-refractivity contribution >= 4 is 39.2 Å². The molecular formula is C14H11ClN2O2S. The summed E-state index contributed by atoms with van der Waals surface area (Å²) < 4.78 is 17.8. The smallest absolute Gasteiger partial charge is 0.208 e. The number of rotatable bonds is 3. The normalized spacial score (nSPS) is 12.7. The van der Waals surface area contributed by atoms with E-state index < -0.39 is 10.8 Å². The number of hydrogen-bond acceptors (Lipinski definition) is 4. The van der Waals surface area contributed by atoms with Crippen LogP contribution in [0.2, 0.25) is 5.02 Å². The van der Waals surface area contributed by atoms with E-state index in [4.69, 9.17) is 21.8 Å². The zero-order valence-electron chi connectivity index (χ0n) is 10.4. The molecule has 6 heteroatoms. The summed E-state index contributed by atoms with van der Waals surface area (Å²) in [7, 11) is -1.22. The van der Waals surface area contributed by atoms with Gasteiger partial charge >= 0.3 is 0 Å². The summed E-state index contributed by atoms with van der Waals surface area (Å²) >= 11 is 5.80. The molecule has 0 radical (unpaired) electrons. The number of anilines is 1. The van der Waals surface area contributed by atoms with Gasteiger partial charge in [0.25, 0.3) is 0 Å². The minimum Gasteiger partial charge on any atom is -0.440 e. The lowest BCUT2D eigenvalue weighted by atomic mass is 10.3. The van der Waals surface area contributed by atoms with Gasteiger partial charge in [-0.15, -0.1) is 0 Å². The van der Waals surface area contributed by atoms with Crippen LogP contribution in [0.25, 0.3) is 11.1 Å². The third-order valence-electron chi connectivity index (χ3n) is 2.79. The Morgan fingerprint density at radius 1 is 1.20 bits per heavy atom. The van der Waals surface area contributed by atoms with Gasteiger partial charge in [-0.2, -0.15) is 0 Å². The Labute approximate surface area is 123 Å². The van der Waals surface area contributed by atoms with Crippen molar-refractivity contribution in [3.8, 4) is 0 Å². The van der Waals surface area contributed by atoms with Gasteiger partial charge in [-0.25, -0.2) is 4.98 Å². The molecule has 1 unspecified atom stereocenters. The maximum absolute atomic E-state index is 12.2. The zero-order chi connectivity index (χ0) is 14.1. The van der Waals surface area contributed by atoms with E-state index in [2.05, 4.69) is 4.98 Å². The number of oxazole rings is 1. The molecule has 2 aromatic carbocycles. The van der Waals surface area contributed by atoms with Crippen molar-refractivity contribution < 1.29 is 8.63 Å². The molecule has 0 amide bonds. The fourth-order valence-electron chi connectivity index (χ4n) is 1.84. The highest BCUT2D eigenvalue weighted by atomic mass is 35.5. The molecule has 0 saturated heterocycles. The molecule has 1 atom stereocenters. The number of benzene rings is 2. The van der Waals surface area contributed by atoms with Crippen LogP contribution in [0.1, 0.15) is 5.89 Å². The molecule has 0 spiro atoms. The van der Waals surface area contributed by atoms with Crippen molar-refractivity contribution in [1.29, 1.82) is 0 Å². The molecule has 4 nitrogen and oxygen atoms in total. The molecular weight excluding hydrogens is 296 g/mol. The van der Waals surface area contributed by atoms with Gasteiger partial charge in [-0.1, -0.05) is 11.6 Å². The van der Waals surface area contributed by atoms with Gasteiger partial charge in [-0.05, 0) is 42.5 Å². The fraction of sp³-hybridized carbons (Fsp3) is 0.0714. The second-order valence-corrected chi connectivity index (χ2v) is 6.17. The summed E-state index contributed by atoms with van der Waals surface area (Å²) in [4.78, 5) is 4.98. The topological polar surface area (TPSA) is 69.1 Å². The Morgan fingerprint density at radius 3 is 2.70 bits per heavy atom. The molecule has 0 aliphatic rings. The van der Waals surface area contributed by atoms with Crippen molar-refractivity contribution in [1.82, 2.24) is 4.98 Å². The molecule has 0 aliphatic carbocycles. The van der Waals surface area contributed by atoms with E-state index in [1.807, 2.05) is 0 Å². The molecule has 1 aromatic heterocycles. The maximum Gasteiger partial charge on any atom is 0.208 e. The highest BCUT2D eigenvalue weighted by Gasteiger charge is 2.11. The van der Waals surface area contributed by atoms with Crippen LogP contribution in [0.3, 0.4) is 0 Å². The van der Waals surface area contributed by atoms with Crippen LogP contribution in [0.15, 0.2) is 51.8 Å². The predicted octanol–water partition coefficient (Wildman–Crippen LogP) is 3.37. The van der Waals surface area contributed by atoms with E-state index >= 15 is 0 Å². The van der Waals surface area contributed by atoms with Crippen molar-refractivity contribution in [2.45, 2.75) is 10.6 Å². The summed E-state index contributed by atoms with van der Waals surface area (Å²) in [5, 5.41) is 0.614. The Kier molecular flexibility index (Phi) is 3.46. The molecule has 0 aliphatic heterocycles. The number of aromatic nitrogens is 1. The molecule has 20 heavy (non-hydrogen) atoms. The first-order chi connectivity index (χ1) is 9.61. The molecule has 0 bridgehead atoms. The third-order valence-corrected chi connectivity index (χ3v) is 4.35. The minimum absolute atomic E-state index is 0.218. The molecule has 3 rings (SSSR count). The van der Waals surface area contributed by atoms with E-state index in [0.29, 0.717) is 32.6 Å². The maximum atomic E-state index is 12.2. The molecule has 102 valence electrons. The van der Waals surface area contributed by atoms with Crippen molar-refractivity contribution in [3.05, 3.63) is 53.4 Å². The van der Waals surface area contributed by atoms with Crippen LogP contribution in [-0.4, -0.2) is 9.19 Å². The Balaban J connectivity index is 1.85. The molecule has 0 fully saturated rings. The van der Waals surface area contributed by atoms with Crippen LogP contribution in [0.5, 0.6) is 0 Å². The number of fused-ring (bicyclic) bond motifs is 1. The molecule has 2 N–H and O–H groups in total. The molecule has 3 aromatic rings. The summed E-state index contributed by atoms with van der Waals surface area (Å²) in [6.07, 6.45) is 0. The highest BCUT2D eigenvalue weighted by Crippen LogP contribution is 2.21. The average molecular weight is 307 g/mol. The second-order valence-electron chi connectivity index (χ2n) is 4.28. The molecule has 1 heterocycles. The van der Waals surface area contributed by atoms with Gasteiger partial charge in [0.15, 0.2) is 5.58 Å². The first-order valence-electron chi connectivity index (χ1n) is 5.91. The monoisotopic (exact) mass is 306 g/mol. The quantitative estimate of drug-likeness (QED) is 0.753. The van der Waals surface area contributed by atoms with Crippen molar-refractivity contribution in [3.63, 3.8) is 0 Å². The number of nitrogen functional groups attached to an aromatic ring is 1. The summed E-state index contributed by atoms with van der Waals surface area (Å²) in [6.45, 7) is 0. The number of nitrogens with zero attached hydrogens (tertiary/aromatic N) is 1. The summed E-state index contributed by atoms with van der Waals surface area (Å²) in [5.41, 5.74) is 7.62. The van der Waals surface area contributed by atoms with E-state index in [1.165, 1.54) is 0 Å². The first kappa shape index (κ1) is 13.1. The number of halogens is 1. The van der Waals surface area contributed by atoms with E-state index in [0.717, 1.165) is 0 Å². The van der Waals surface area contributed by atoms with Gasteiger partial charge in [0.05, 0.1) is 10.8 Å². The number of hydrogen-bond donors (Lipinski definition) is 1. The van der Waals surface area contributed by atoms with Gasteiger partial charge in [0.2, 0.25) is 5.89 Å². The van der Waals surface area contributed by atoms with Crippen LogP contribution in [-0.2, 0) is 16.6 Å². The second kappa shape index (κ2) is 5.26. The lowest BCUT2D eigenvalue weighted by Crippen LogP contribution is -1.96. The van der Waals surface area contributed by atoms with Crippen LogP contribution < -0.4 is 5.73 Å². The molecule has 0 saturated carbocycles. The minimum atomic E-state index is -1.22. The SMILES string of the molecule is Nc1ccc2oc(CS(=O)c3ccc(Cl)cc3)nc2c1. The highest BCUT2D eigenvalue weighted by molar-refractivity contribution is 7.84. The summed E-state index contributed by atoms with van der Waals surface area (Å²) in [5.74, 6) is 0.648. The lowest BCUT2D eigenvalue weighted by Gasteiger charge is -1.99. The lowest BCUT2D eigenvalue weighted by molar-refractivity contribution is 0.552. The number of nitrogens with two attached hydrogens (primary N) is 1. The fourth-order valence-corrected chi connectivity index (χ4v) is 2.92. The van der Waals surface area contributed by atoms with Gasteiger partial charge in [-0.3, -0.25) is 4.21 Å². The largest absolute Gasteiger partial charge is 0.440 e. The van der Waals surface area contributed by atoms with Gasteiger partial charge < -0.3 is 10.2 Å². The van der Waals surface area contributed by atoms with Gasteiger partial charge in [0.1, 0.15) is 11.3 Å². The van der Waals surface area contributed by atoms with Crippen LogP contribution in [0, 0.1) is 0 Å². The van der Waals surface area contributed by atoms with E-state index in [9.17, 15) is 4.21 Å². The Bertz CT molecular complexity index is 783. The van der Waals surface area contributed by atoms with Gasteiger partial charge in [0, 0.05) is 15.6 Å². The Hall–Kier alpha value is -1.85. The Morgan fingerprint density at radius 2 is 1.95 bits per heavy atom. The summed E-state index contributed by atoms with van der Waals surface area (Å²) in [6, 6.07) is 12.1. The van der Waals surface area contributed by atoms with E-state index in [-0.39, 0.29) is 5.75 Å². The van der Waals surface area contributed by atoms with E-state index in [1.54, 1.807) is 42.5 Å². The van der Waals surface area contributed by atoms with Crippen molar-refractivity contribution in [2.24, 2.45) is 0 Å². The average Bonchev–Trinajstić information content (AvgIpc) is 2.80. The predicted molar refractivity (Wildman–Crippen MR) is 80.0 cm³/mol. The van der Waals surface area contributed by atoms with Crippen LogP contribution in [0.4, 0.5) is 5.69 Å². The third kappa shape index (κ3) is 2.69. The first-order valence-corrected chi connectivity index (χ1v) is 7.60. The van der Waals surface area contributed by atoms with Crippen LogP contribution >= 0.6 is 11.6 Å². The zero-order valence-corrected chi connectivity index (χ0v) is 11.9. The standard InChI is InChI=1S/C14H11ClN2O2S/c15-9-1-4-11(5-2-9)20(18)8-14-17-12-7-10(16)3-6-13(12)19-14/h1-7H,8,16H2.